The third-order valence-corrected chi connectivity index (χ3v) is 5.83. The van der Waals surface area contributed by atoms with Gasteiger partial charge in [0.25, 0.3) is 5.91 Å². The second kappa shape index (κ2) is 8.76. The number of carbonyl (C=O) groups excluding carboxylic acids is 3. The molecule has 1 saturated heterocycles. The second-order valence-corrected chi connectivity index (χ2v) is 7.93. The Morgan fingerprint density at radius 1 is 1.19 bits per heavy atom. The summed E-state index contributed by atoms with van der Waals surface area (Å²) in [6.45, 7) is 1.52. The molecule has 0 bridgehead atoms. The molecule has 1 aromatic rings. The number of imide groups is 1. The van der Waals surface area contributed by atoms with Gasteiger partial charge in [-0.2, -0.15) is 13.2 Å². The Balaban J connectivity index is 1.78. The maximum atomic E-state index is 13.1. The first-order valence-corrected chi connectivity index (χ1v) is 10.3. The molecule has 1 aliphatic heterocycles. The van der Waals surface area contributed by atoms with Crippen molar-refractivity contribution in [1.29, 1.82) is 0 Å². The van der Waals surface area contributed by atoms with Crippen molar-refractivity contribution in [3.63, 3.8) is 0 Å². The van der Waals surface area contributed by atoms with Gasteiger partial charge < -0.3 is 15.0 Å². The number of nitrogens with zero attached hydrogens (tertiary/aromatic N) is 2. The first kappa shape index (κ1) is 22.9. The number of alkyl halides is 3. The van der Waals surface area contributed by atoms with Crippen molar-refractivity contribution in [3.8, 4) is 5.75 Å². The van der Waals surface area contributed by atoms with Crippen LogP contribution >= 0.6 is 0 Å². The van der Waals surface area contributed by atoms with Gasteiger partial charge in [0.1, 0.15) is 17.8 Å². The number of urea groups is 1. The average molecular weight is 441 g/mol. The van der Waals surface area contributed by atoms with Gasteiger partial charge in [-0.25, -0.2) is 4.79 Å². The number of hydrogen-bond donors (Lipinski definition) is 1. The Morgan fingerprint density at radius 3 is 2.48 bits per heavy atom. The molecule has 1 saturated carbocycles. The average Bonchev–Trinajstić information content (AvgIpc) is 2.89. The summed E-state index contributed by atoms with van der Waals surface area (Å²) in [7, 11) is 1.55. The molecule has 0 radical (unpaired) electrons. The molecule has 1 heterocycles. The molecule has 170 valence electrons. The second-order valence-electron chi connectivity index (χ2n) is 7.93. The Bertz CT molecular complexity index is 866. The van der Waals surface area contributed by atoms with Crippen LogP contribution in [0.15, 0.2) is 18.2 Å². The zero-order chi connectivity index (χ0) is 22.8. The Labute approximate surface area is 178 Å². The molecule has 0 aromatic heterocycles. The van der Waals surface area contributed by atoms with Gasteiger partial charge in [0.05, 0.1) is 17.9 Å². The van der Waals surface area contributed by atoms with Crippen LogP contribution in [-0.2, 0) is 15.8 Å². The number of benzene rings is 1. The molecule has 3 rings (SSSR count). The molecule has 10 heteroatoms. The minimum atomic E-state index is -4.60. The van der Waals surface area contributed by atoms with E-state index in [1.54, 1.807) is 7.05 Å². The number of ether oxygens (including phenoxy) is 1. The fourth-order valence-corrected chi connectivity index (χ4v) is 4.15. The van der Waals surface area contributed by atoms with Crippen LogP contribution in [0.5, 0.6) is 5.75 Å². The highest BCUT2D eigenvalue weighted by Gasteiger charge is 2.55. The van der Waals surface area contributed by atoms with E-state index in [0.717, 1.165) is 42.4 Å². The Kier molecular flexibility index (Phi) is 6.47. The predicted octanol–water partition coefficient (Wildman–Crippen LogP) is 4.03. The molecule has 2 aliphatic rings. The van der Waals surface area contributed by atoms with Crippen molar-refractivity contribution in [2.24, 2.45) is 0 Å². The molecule has 1 aromatic carbocycles. The lowest BCUT2D eigenvalue weighted by Gasteiger charge is -2.35. The zero-order valence-electron chi connectivity index (χ0n) is 17.6. The predicted molar refractivity (Wildman–Crippen MR) is 107 cm³/mol. The highest BCUT2D eigenvalue weighted by molar-refractivity contribution is 6.10. The maximum Gasteiger partial charge on any atom is 0.416 e. The number of rotatable bonds is 6. The highest BCUT2D eigenvalue weighted by atomic mass is 19.4. The summed E-state index contributed by atoms with van der Waals surface area (Å²) in [6.07, 6.45) is -0.297. The van der Waals surface area contributed by atoms with Crippen LogP contribution in [0.2, 0.25) is 0 Å². The largest absolute Gasteiger partial charge is 0.491 e. The van der Waals surface area contributed by atoms with Crippen LogP contribution in [0.4, 0.5) is 23.7 Å². The number of hydrogen-bond acceptors (Lipinski definition) is 4. The number of anilines is 1. The lowest BCUT2D eigenvalue weighted by molar-refractivity contribution is -0.137. The minimum Gasteiger partial charge on any atom is -0.491 e. The van der Waals surface area contributed by atoms with Gasteiger partial charge >= 0.3 is 12.2 Å². The van der Waals surface area contributed by atoms with E-state index in [-0.39, 0.29) is 18.0 Å². The molecule has 1 N–H and O–H groups in total. The summed E-state index contributed by atoms with van der Waals surface area (Å²) in [5, 5.41) is 2.38. The van der Waals surface area contributed by atoms with E-state index in [4.69, 9.17) is 4.74 Å². The normalized spacial score (nSPS) is 18.6. The summed E-state index contributed by atoms with van der Waals surface area (Å²) in [5.41, 5.74) is -2.03. The molecule has 0 unspecified atom stereocenters. The smallest absolute Gasteiger partial charge is 0.416 e. The lowest BCUT2D eigenvalue weighted by Crippen LogP contribution is -2.49. The number of nitrogens with one attached hydrogen (secondary N) is 1. The monoisotopic (exact) mass is 441 g/mol. The molecule has 1 spiro atoms. The molecule has 7 nitrogen and oxygen atoms in total. The maximum absolute atomic E-state index is 13.1. The molecule has 1 aliphatic carbocycles. The van der Waals surface area contributed by atoms with Crippen LogP contribution in [0.25, 0.3) is 0 Å². The first-order valence-electron chi connectivity index (χ1n) is 10.3. The first-order chi connectivity index (χ1) is 14.6. The Morgan fingerprint density at radius 2 is 1.87 bits per heavy atom. The van der Waals surface area contributed by atoms with Crippen LogP contribution in [0.1, 0.15) is 51.0 Å². The summed E-state index contributed by atoms with van der Waals surface area (Å²) in [4.78, 5) is 40.5. The fraction of sp³-hybridized carbons (Fsp3) is 0.571. The summed E-state index contributed by atoms with van der Waals surface area (Å²) >= 11 is 0. The number of carbonyl (C=O) groups is 3. The van der Waals surface area contributed by atoms with Gasteiger partial charge in [0.15, 0.2) is 0 Å². The summed E-state index contributed by atoms with van der Waals surface area (Å²) < 4.78 is 44.8. The molecule has 4 amide bonds. The van der Waals surface area contributed by atoms with Gasteiger partial charge in [0.2, 0.25) is 5.91 Å². The standard InChI is InChI=1S/C21H26F3N3O4/c1-3-11-31-16-8-7-14(21(22,23)24)12-15(16)25-17(28)13-27-18(29)20(26(2)19(27)30)9-5-4-6-10-20/h7-8,12H,3-6,9-11,13H2,1-2H3,(H,25,28). The molecule has 2 fully saturated rings. The quantitative estimate of drug-likeness (QED) is 0.676. The van der Waals surface area contributed by atoms with E-state index in [0.29, 0.717) is 19.3 Å². The Hall–Kier alpha value is -2.78. The zero-order valence-corrected chi connectivity index (χ0v) is 17.6. The highest BCUT2D eigenvalue weighted by Crippen LogP contribution is 2.39. The molecular weight excluding hydrogens is 415 g/mol. The van der Waals surface area contributed by atoms with Crippen LogP contribution < -0.4 is 10.1 Å². The van der Waals surface area contributed by atoms with Gasteiger partial charge in [-0.05, 0) is 37.5 Å². The third kappa shape index (κ3) is 4.47. The van der Waals surface area contributed by atoms with E-state index in [2.05, 4.69) is 5.32 Å². The number of amides is 4. The fourth-order valence-electron chi connectivity index (χ4n) is 4.15. The number of halogens is 3. The van der Waals surface area contributed by atoms with Gasteiger partial charge in [-0.1, -0.05) is 26.2 Å². The van der Waals surface area contributed by atoms with E-state index < -0.39 is 41.7 Å². The minimum absolute atomic E-state index is 0.0862. The van der Waals surface area contributed by atoms with Crippen molar-refractivity contribution in [2.75, 3.05) is 25.5 Å². The molecular formula is C21H26F3N3O4. The topological polar surface area (TPSA) is 79.0 Å². The van der Waals surface area contributed by atoms with Crippen molar-refractivity contribution < 1.29 is 32.3 Å². The van der Waals surface area contributed by atoms with Crippen LogP contribution in [0.3, 0.4) is 0 Å². The lowest BCUT2D eigenvalue weighted by atomic mass is 9.81. The van der Waals surface area contributed by atoms with Gasteiger partial charge in [-0.15, -0.1) is 0 Å². The van der Waals surface area contributed by atoms with Gasteiger partial charge in [-0.3, -0.25) is 14.5 Å². The van der Waals surface area contributed by atoms with Crippen molar-refractivity contribution in [2.45, 2.75) is 57.2 Å². The van der Waals surface area contributed by atoms with E-state index >= 15 is 0 Å². The van der Waals surface area contributed by atoms with E-state index in [1.807, 2.05) is 6.92 Å². The van der Waals surface area contributed by atoms with E-state index in [9.17, 15) is 27.6 Å². The SMILES string of the molecule is CCCOc1ccc(C(F)(F)F)cc1NC(=O)CN1C(=O)N(C)C2(CCCCC2)C1=O. The molecule has 31 heavy (non-hydrogen) atoms. The summed E-state index contributed by atoms with van der Waals surface area (Å²) in [5.74, 6) is -1.12. The van der Waals surface area contributed by atoms with E-state index in [1.165, 1.54) is 4.90 Å². The van der Waals surface area contributed by atoms with Crippen molar-refractivity contribution >= 4 is 23.5 Å². The molecule has 0 atom stereocenters. The van der Waals surface area contributed by atoms with Crippen LogP contribution in [0, 0.1) is 0 Å². The number of likely N-dealkylation sites (N-methyl/N-ethyl adjacent to an activating group) is 1. The summed E-state index contributed by atoms with van der Waals surface area (Å²) in [6, 6.07) is 2.22. The third-order valence-electron chi connectivity index (χ3n) is 5.83. The van der Waals surface area contributed by atoms with Crippen molar-refractivity contribution in [3.05, 3.63) is 23.8 Å². The van der Waals surface area contributed by atoms with Gasteiger partial charge in [0, 0.05) is 7.05 Å². The van der Waals surface area contributed by atoms with Crippen LogP contribution in [-0.4, -0.2) is 53.4 Å². The van der Waals surface area contributed by atoms with Crippen molar-refractivity contribution in [1.82, 2.24) is 9.80 Å².